The first-order valence-corrected chi connectivity index (χ1v) is 13.5. The number of fused-ring (bicyclic) bond motifs is 1. The van der Waals surface area contributed by atoms with Crippen molar-refractivity contribution >= 4 is 27.5 Å². The molecule has 3 aliphatic rings. The van der Waals surface area contributed by atoms with Crippen LogP contribution in [0.4, 0.5) is 5.69 Å². The number of hydrogen-bond acceptors (Lipinski definition) is 4. The third-order valence-electron chi connectivity index (χ3n) is 7.24. The topological polar surface area (TPSA) is 95.6 Å². The molecule has 1 aromatic carbocycles. The van der Waals surface area contributed by atoms with E-state index >= 15 is 0 Å². The molecule has 2 N–H and O–H groups in total. The van der Waals surface area contributed by atoms with Gasteiger partial charge in [0.2, 0.25) is 21.8 Å². The molecule has 0 bridgehead atoms. The molecule has 32 heavy (non-hydrogen) atoms. The summed E-state index contributed by atoms with van der Waals surface area (Å²) in [6, 6.07) is 4.92. The molecule has 1 unspecified atom stereocenters. The molecule has 2 fully saturated rings. The van der Waals surface area contributed by atoms with Crippen LogP contribution in [0.2, 0.25) is 0 Å². The van der Waals surface area contributed by atoms with Crippen LogP contribution in [0.3, 0.4) is 0 Å². The van der Waals surface area contributed by atoms with E-state index < -0.39 is 10.0 Å². The second-order valence-corrected chi connectivity index (χ2v) is 11.6. The van der Waals surface area contributed by atoms with Gasteiger partial charge in [0, 0.05) is 37.7 Å². The van der Waals surface area contributed by atoms with Gasteiger partial charge in [-0.25, -0.2) is 13.1 Å². The number of nitrogens with zero attached hydrogens (tertiary/aromatic N) is 1. The summed E-state index contributed by atoms with van der Waals surface area (Å²) in [6.07, 6.45) is 7.59. The van der Waals surface area contributed by atoms with Crippen molar-refractivity contribution in [3.05, 3.63) is 23.8 Å². The molecule has 4 rings (SSSR count). The molecule has 2 aliphatic heterocycles. The quantitative estimate of drug-likeness (QED) is 0.703. The standard InChI is InChI=1S/C24H35N3O4S/c1-17-4-3-13-27(16-17)24(29)19-9-7-18(8-10-19)15-25-32(30,31)21-11-12-22-20(14-21)5-2-6-23(28)26-22/h11-12,14,17-19,25H,2-10,13,15-16H2,1H3,(H,26,28). The first-order valence-electron chi connectivity index (χ1n) is 12.0. The van der Waals surface area contributed by atoms with Gasteiger partial charge in [-0.15, -0.1) is 0 Å². The smallest absolute Gasteiger partial charge is 0.240 e. The van der Waals surface area contributed by atoms with Crippen LogP contribution >= 0.6 is 0 Å². The van der Waals surface area contributed by atoms with Crippen LogP contribution in [0.5, 0.6) is 0 Å². The Labute approximate surface area is 191 Å². The van der Waals surface area contributed by atoms with Crippen molar-refractivity contribution in [2.45, 2.75) is 69.6 Å². The number of likely N-dealkylation sites (tertiary alicyclic amines) is 1. The summed E-state index contributed by atoms with van der Waals surface area (Å²) in [5, 5.41) is 2.84. The molecule has 1 saturated carbocycles. The van der Waals surface area contributed by atoms with E-state index in [0.717, 1.165) is 50.8 Å². The molecule has 176 valence electrons. The van der Waals surface area contributed by atoms with Crippen LogP contribution in [0.15, 0.2) is 23.1 Å². The molecule has 0 aromatic heterocycles. The third kappa shape index (κ3) is 5.52. The maximum Gasteiger partial charge on any atom is 0.240 e. The van der Waals surface area contributed by atoms with Gasteiger partial charge >= 0.3 is 0 Å². The lowest BCUT2D eigenvalue weighted by atomic mass is 9.81. The van der Waals surface area contributed by atoms with E-state index in [9.17, 15) is 18.0 Å². The Bertz CT molecular complexity index is 954. The average Bonchev–Trinajstić information content (AvgIpc) is 2.97. The third-order valence-corrected chi connectivity index (χ3v) is 8.66. The van der Waals surface area contributed by atoms with Crippen molar-refractivity contribution in [3.63, 3.8) is 0 Å². The lowest BCUT2D eigenvalue weighted by Gasteiger charge is -2.36. The number of piperidine rings is 1. The van der Waals surface area contributed by atoms with E-state index in [-0.39, 0.29) is 22.6 Å². The minimum absolute atomic E-state index is 0.0265. The van der Waals surface area contributed by atoms with Gasteiger partial charge in [-0.05, 0) is 87.0 Å². The fraction of sp³-hybridized carbons (Fsp3) is 0.667. The number of hydrogen-bond donors (Lipinski definition) is 2. The number of amides is 2. The van der Waals surface area contributed by atoms with Crippen molar-refractivity contribution in [2.75, 3.05) is 25.0 Å². The Morgan fingerprint density at radius 2 is 1.91 bits per heavy atom. The Morgan fingerprint density at radius 1 is 1.12 bits per heavy atom. The molecule has 0 radical (unpaired) electrons. The zero-order chi connectivity index (χ0) is 22.7. The van der Waals surface area contributed by atoms with E-state index in [2.05, 4.69) is 17.0 Å². The Morgan fingerprint density at radius 3 is 2.66 bits per heavy atom. The number of carbonyl (C=O) groups is 2. The number of aryl methyl sites for hydroxylation is 1. The van der Waals surface area contributed by atoms with Crippen LogP contribution in [-0.2, 0) is 26.0 Å². The first-order chi connectivity index (χ1) is 15.3. The lowest BCUT2D eigenvalue weighted by Crippen LogP contribution is -2.43. The molecule has 1 atom stereocenters. The summed E-state index contributed by atoms with van der Waals surface area (Å²) in [7, 11) is -3.61. The predicted octanol–water partition coefficient (Wildman–Crippen LogP) is 3.30. The number of benzene rings is 1. The fourth-order valence-electron chi connectivity index (χ4n) is 5.29. The predicted molar refractivity (Wildman–Crippen MR) is 124 cm³/mol. The Kier molecular flexibility index (Phi) is 7.20. The Hall–Kier alpha value is -1.93. The Balaban J connectivity index is 1.29. The maximum atomic E-state index is 12.9. The molecule has 1 aromatic rings. The summed E-state index contributed by atoms with van der Waals surface area (Å²) in [5.74, 6) is 1.21. The molecule has 2 heterocycles. The van der Waals surface area contributed by atoms with Crippen molar-refractivity contribution in [2.24, 2.45) is 17.8 Å². The van der Waals surface area contributed by atoms with E-state index in [1.807, 2.05) is 4.90 Å². The van der Waals surface area contributed by atoms with Crippen LogP contribution < -0.4 is 10.0 Å². The molecule has 0 spiro atoms. The van der Waals surface area contributed by atoms with Crippen molar-refractivity contribution < 1.29 is 18.0 Å². The zero-order valence-corrected chi connectivity index (χ0v) is 19.8. The molecular weight excluding hydrogens is 426 g/mol. The average molecular weight is 462 g/mol. The number of rotatable bonds is 5. The van der Waals surface area contributed by atoms with Gasteiger partial charge in [0.15, 0.2) is 0 Å². The summed E-state index contributed by atoms with van der Waals surface area (Å²) in [4.78, 5) is 26.9. The van der Waals surface area contributed by atoms with E-state index in [1.54, 1.807) is 18.2 Å². The lowest BCUT2D eigenvalue weighted by molar-refractivity contribution is -0.138. The van der Waals surface area contributed by atoms with Gasteiger partial charge < -0.3 is 10.2 Å². The van der Waals surface area contributed by atoms with Gasteiger partial charge in [-0.3, -0.25) is 9.59 Å². The zero-order valence-electron chi connectivity index (χ0n) is 18.9. The van der Waals surface area contributed by atoms with E-state index in [0.29, 0.717) is 43.3 Å². The summed E-state index contributed by atoms with van der Waals surface area (Å²) in [5.41, 5.74) is 1.57. The highest BCUT2D eigenvalue weighted by Crippen LogP contribution is 2.31. The van der Waals surface area contributed by atoms with Gasteiger partial charge in [0.05, 0.1) is 4.90 Å². The van der Waals surface area contributed by atoms with Crippen LogP contribution in [0.1, 0.15) is 63.9 Å². The maximum absolute atomic E-state index is 12.9. The van der Waals surface area contributed by atoms with Gasteiger partial charge in [0.25, 0.3) is 0 Å². The van der Waals surface area contributed by atoms with Crippen molar-refractivity contribution in [1.82, 2.24) is 9.62 Å². The second kappa shape index (κ2) is 9.91. The summed E-state index contributed by atoms with van der Waals surface area (Å²) < 4.78 is 28.5. The molecule has 1 aliphatic carbocycles. The monoisotopic (exact) mass is 461 g/mol. The second-order valence-electron chi connectivity index (χ2n) is 9.82. The van der Waals surface area contributed by atoms with Crippen LogP contribution in [0, 0.1) is 17.8 Å². The summed E-state index contributed by atoms with van der Waals surface area (Å²) >= 11 is 0. The first kappa shape index (κ1) is 23.2. The highest BCUT2D eigenvalue weighted by Gasteiger charge is 2.31. The van der Waals surface area contributed by atoms with E-state index in [4.69, 9.17) is 0 Å². The largest absolute Gasteiger partial charge is 0.342 e. The van der Waals surface area contributed by atoms with Gasteiger partial charge in [0.1, 0.15) is 0 Å². The SMILES string of the molecule is CC1CCCN(C(=O)C2CCC(CNS(=O)(=O)c3ccc4c(c3)CCCC(=O)N4)CC2)C1. The highest BCUT2D eigenvalue weighted by atomic mass is 32.2. The fourth-order valence-corrected chi connectivity index (χ4v) is 6.46. The number of carbonyl (C=O) groups excluding carboxylic acids is 2. The number of nitrogens with one attached hydrogen (secondary N) is 2. The summed E-state index contributed by atoms with van der Waals surface area (Å²) in [6.45, 7) is 4.37. The minimum Gasteiger partial charge on any atom is -0.342 e. The van der Waals surface area contributed by atoms with Crippen LogP contribution in [-0.4, -0.2) is 44.8 Å². The minimum atomic E-state index is -3.61. The van der Waals surface area contributed by atoms with Crippen molar-refractivity contribution in [1.29, 1.82) is 0 Å². The number of sulfonamides is 1. The normalized spacial score (nSPS) is 26.7. The molecule has 2 amide bonds. The molecule has 7 nitrogen and oxygen atoms in total. The van der Waals surface area contributed by atoms with E-state index in [1.165, 1.54) is 6.42 Å². The van der Waals surface area contributed by atoms with Crippen LogP contribution in [0.25, 0.3) is 0 Å². The molecular formula is C24H35N3O4S. The van der Waals surface area contributed by atoms with Gasteiger partial charge in [-0.2, -0.15) is 0 Å². The molecule has 8 heteroatoms. The van der Waals surface area contributed by atoms with Gasteiger partial charge in [-0.1, -0.05) is 6.92 Å². The molecule has 1 saturated heterocycles. The highest BCUT2D eigenvalue weighted by molar-refractivity contribution is 7.89. The van der Waals surface area contributed by atoms with Crippen molar-refractivity contribution in [3.8, 4) is 0 Å². The number of anilines is 1.